The molecule has 6 nitrogen and oxygen atoms in total. The lowest BCUT2D eigenvalue weighted by molar-refractivity contribution is 0.182. The highest BCUT2D eigenvalue weighted by molar-refractivity contribution is 7.88. The second-order valence-corrected chi connectivity index (χ2v) is 9.98. The van der Waals surface area contributed by atoms with E-state index in [9.17, 15) is 13.2 Å². The molecule has 1 aliphatic heterocycles. The number of fused-ring (bicyclic) bond motifs is 1. The second-order valence-electron chi connectivity index (χ2n) is 7.61. The minimum atomic E-state index is -3.36. The van der Waals surface area contributed by atoms with Crippen LogP contribution in [0, 0.1) is 6.92 Å². The standard InChI is InChI=1S/C22H23ClN2O4S/c1-16-11-21-19(13-20(16)23)18(12-22(26)29-21)14-24-7-9-25(10-8-24)30(27,28)15-17-5-3-2-4-6-17/h2-6,11-13H,7-10,14-15H2,1H3. The number of rotatable bonds is 5. The van der Waals surface area contributed by atoms with Gasteiger partial charge in [-0.15, -0.1) is 0 Å². The van der Waals surface area contributed by atoms with Crippen molar-refractivity contribution in [3.63, 3.8) is 0 Å². The van der Waals surface area contributed by atoms with E-state index in [2.05, 4.69) is 4.90 Å². The van der Waals surface area contributed by atoms with Crippen LogP contribution in [0.2, 0.25) is 5.02 Å². The molecule has 0 radical (unpaired) electrons. The van der Waals surface area contributed by atoms with Crippen molar-refractivity contribution < 1.29 is 12.8 Å². The number of halogens is 1. The van der Waals surface area contributed by atoms with Gasteiger partial charge in [-0.05, 0) is 35.7 Å². The van der Waals surface area contributed by atoms with Crippen molar-refractivity contribution in [1.82, 2.24) is 9.21 Å². The van der Waals surface area contributed by atoms with Crippen molar-refractivity contribution in [2.45, 2.75) is 19.2 Å². The highest BCUT2D eigenvalue weighted by Gasteiger charge is 2.27. The Morgan fingerprint density at radius 3 is 2.43 bits per heavy atom. The maximum Gasteiger partial charge on any atom is 0.336 e. The SMILES string of the molecule is Cc1cc2oc(=O)cc(CN3CCN(S(=O)(=O)Cc4ccccc4)CC3)c2cc1Cl. The molecular weight excluding hydrogens is 424 g/mol. The molecule has 0 N–H and O–H groups in total. The highest BCUT2D eigenvalue weighted by Crippen LogP contribution is 2.26. The van der Waals surface area contributed by atoms with Crippen LogP contribution in [-0.2, 0) is 22.3 Å². The van der Waals surface area contributed by atoms with E-state index in [1.807, 2.05) is 43.3 Å². The molecule has 3 aromatic rings. The third-order valence-electron chi connectivity index (χ3n) is 5.42. The van der Waals surface area contributed by atoms with E-state index >= 15 is 0 Å². The number of sulfonamides is 1. The van der Waals surface area contributed by atoms with E-state index in [1.165, 1.54) is 6.07 Å². The average molecular weight is 447 g/mol. The first kappa shape index (κ1) is 21.1. The van der Waals surface area contributed by atoms with Crippen LogP contribution in [0.1, 0.15) is 16.7 Å². The Morgan fingerprint density at radius 2 is 1.73 bits per heavy atom. The molecule has 0 saturated carbocycles. The highest BCUT2D eigenvalue weighted by atomic mass is 35.5. The second kappa shape index (κ2) is 8.51. The molecule has 8 heteroatoms. The topological polar surface area (TPSA) is 70.8 Å². The predicted molar refractivity (Wildman–Crippen MR) is 118 cm³/mol. The Kier molecular flexibility index (Phi) is 5.97. The molecule has 4 rings (SSSR count). The Morgan fingerprint density at radius 1 is 1.03 bits per heavy atom. The van der Waals surface area contributed by atoms with Crippen LogP contribution < -0.4 is 5.63 Å². The molecule has 1 aromatic heterocycles. The van der Waals surface area contributed by atoms with Gasteiger partial charge >= 0.3 is 5.63 Å². The third-order valence-corrected chi connectivity index (χ3v) is 7.68. The molecule has 2 heterocycles. The summed E-state index contributed by atoms with van der Waals surface area (Å²) >= 11 is 6.27. The van der Waals surface area contributed by atoms with E-state index < -0.39 is 15.6 Å². The zero-order valence-electron chi connectivity index (χ0n) is 16.7. The fraction of sp³-hybridized carbons (Fsp3) is 0.318. The molecule has 2 aromatic carbocycles. The molecule has 0 bridgehead atoms. The van der Waals surface area contributed by atoms with Gasteiger partial charge in [-0.3, -0.25) is 4.90 Å². The molecule has 0 spiro atoms. The number of benzene rings is 2. The van der Waals surface area contributed by atoms with Crippen LogP contribution in [0.25, 0.3) is 11.0 Å². The number of piperazine rings is 1. The monoisotopic (exact) mass is 446 g/mol. The normalized spacial score (nSPS) is 16.2. The maximum atomic E-state index is 12.7. The molecule has 0 unspecified atom stereocenters. The summed E-state index contributed by atoms with van der Waals surface area (Å²) in [5, 5.41) is 1.43. The van der Waals surface area contributed by atoms with Gasteiger partial charge in [0.2, 0.25) is 10.0 Å². The van der Waals surface area contributed by atoms with E-state index in [1.54, 1.807) is 10.4 Å². The first-order valence-corrected chi connectivity index (χ1v) is 11.8. The molecule has 0 amide bonds. The lowest BCUT2D eigenvalue weighted by atomic mass is 10.1. The molecule has 0 aliphatic carbocycles. The average Bonchev–Trinajstić information content (AvgIpc) is 2.70. The van der Waals surface area contributed by atoms with Crippen LogP contribution >= 0.6 is 11.6 Å². The Balaban J connectivity index is 1.46. The van der Waals surface area contributed by atoms with E-state index in [0.717, 1.165) is 22.1 Å². The van der Waals surface area contributed by atoms with Crippen LogP contribution in [0.5, 0.6) is 0 Å². The first-order valence-electron chi connectivity index (χ1n) is 9.79. The molecule has 1 saturated heterocycles. The molecule has 1 aliphatic rings. The maximum absolute atomic E-state index is 12.7. The van der Waals surface area contributed by atoms with Crippen molar-refractivity contribution in [3.05, 3.63) is 80.7 Å². The van der Waals surface area contributed by atoms with Gasteiger partial charge in [0.05, 0.1) is 5.75 Å². The van der Waals surface area contributed by atoms with Gasteiger partial charge in [0.25, 0.3) is 0 Å². The summed E-state index contributed by atoms with van der Waals surface area (Å²) in [6.45, 7) is 4.44. The smallest absolute Gasteiger partial charge is 0.336 e. The van der Waals surface area contributed by atoms with Gasteiger partial charge in [0.1, 0.15) is 5.58 Å². The van der Waals surface area contributed by atoms with Crippen molar-refractivity contribution in [2.75, 3.05) is 26.2 Å². The van der Waals surface area contributed by atoms with Crippen molar-refractivity contribution >= 4 is 32.6 Å². The Bertz CT molecular complexity index is 1220. The van der Waals surface area contributed by atoms with Crippen molar-refractivity contribution in [1.29, 1.82) is 0 Å². The van der Waals surface area contributed by atoms with Crippen LogP contribution in [0.15, 0.2) is 57.7 Å². The van der Waals surface area contributed by atoms with Gasteiger partial charge < -0.3 is 4.42 Å². The van der Waals surface area contributed by atoms with Gasteiger partial charge in [0, 0.05) is 49.2 Å². The summed E-state index contributed by atoms with van der Waals surface area (Å²) in [6.07, 6.45) is 0. The summed E-state index contributed by atoms with van der Waals surface area (Å²) in [6, 6.07) is 14.3. The molecule has 0 atom stereocenters. The van der Waals surface area contributed by atoms with E-state index in [4.69, 9.17) is 16.0 Å². The Labute approximate surface area is 180 Å². The minimum Gasteiger partial charge on any atom is -0.423 e. The van der Waals surface area contributed by atoms with E-state index in [-0.39, 0.29) is 5.75 Å². The van der Waals surface area contributed by atoms with Crippen LogP contribution in [0.4, 0.5) is 0 Å². The van der Waals surface area contributed by atoms with Gasteiger partial charge in [0.15, 0.2) is 0 Å². The molecule has 158 valence electrons. The minimum absolute atomic E-state index is 0.00998. The zero-order valence-corrected chi connectivity index (χ0v) is 18.2. The fourth-order valence-electron chi connectivity index (χ4n) is 3.76. The van der Waals surface area contributed by atoms with Crippen molar-refractivity contribution in [3.8, 4) is 0 Å². The molecule has 30 heavy (non-hydrogen) atoms. The molecule has 1 fully saturated rings. The van der Waals surface area contributed by atoms with Crippen LogP contribution in [0.3, 0.4) is 0 Å². The lowest BCUT2D eigenvalue weighted by Gasteiger charge is -2.34. The fourth-order valence-corrected chi connectivity index (χ4v) is 5.44. The van der Waals surface area contributed by atoms with Gasteiger partial charge in [-0.25, -0.2) is 13.2 Å². The zero-order chi connectivity index (χ0) is 21.3. The number of nitrogens with zero attached hydrogens (tertiary/aromatic N) is 2. The van der Waals surface area contributed by atoms with Gasteiger partial charge in [-0.1, -0.05) is 41.9 Å². The van der Waals surface area contributed by atoms with Gasteiger partial charge in [-0.2, -0.15) is 4.31 Å². The van der Waals surface area contributed by atoms with E-state index in [0.29, 0.717) is 43.3 Å². The number of hydrogen-bond donors (Lipinski definition) is 0. The summed E-state index contributed by atoms with van der Waals surface area (Å²) < 4.78 is 32.4. The summed E-state index contributed by atoms with van der Waals surface area (Å²) in [4.78, 5) is 14.1. The number of hydrogen-bond acceptors (Lipinski definition) is 5. The summed E-state index contributed by atoms with van der Waals surface area (Å²) in [5.74, 6) is 0.00998. The lowest BCUT2D eigenvalue weighted by Crippen LogP contribution is -2.48. The third kappa shape index (κ3) is 4.59. The largest absolute Gasteiger partial charge is 0.423 e. The summed E-state index contributed by atoms with van der Waals surface area (Å²) in [7, 11) is -3.36. The Hall–Kier alpha value is -2.19. The first-order chi connectivity index (χ1) is 14.3. The summed E-state index contributed by atoms with van der Waals surface area (Å²) in [5.41, 5.74) is 2.59. The van der Waals surface area contributed by atoms with Crippen LogP contribution in [-0.4, -0.2) is 43.8 Å². The molecular formula is C22H23ClN2O4S. The quantitative estimate of drug-likeness (QED) is 0.562. The predicted octanol–water partition coefficient (Wildman–Crippen LogP) is 3.40. The van der Waals surface area contributed by atoms with Crippen molar-refractivity contribution in [2.24, 2.45) is 0 Å². The number of aryl methyl sites for hydroxylation is 1.